The summed E-state index contributed by atoms with van der Waals surface area (Å²) in [7, 11) is 2.80. The lowest BCUT2D eigenvalue weighted by atomic mass is 9.86. The summed E-state index contributed by atoms with van der Waals surface area (Å²) in [6.45, 7) is 19.2. The Labute approximate surface area is 293 Å². The lowest BCUT2D eigenvalue weighted by Gasteiger charge is -2.35. The number of amides is 2. The summed E-state index contributed by atoms with van der Waals surface area (Å²) >= 11 is 1.63. The average molecular weight is 690 g/mol. The Hall–Kier alpha value is -2.99. The molecule has 4 atom stereocenters. The van der Waals surface area contributed by atoms with Crippen molar-refractivity contribution >= 4 is 35.2 Å². The molecule has 0 saturated carbocycles. The number of hydrogen-bond acceptors (Lipinski definition) is 9. The van der Waals surface area contributed by atoms with E-state index in [4.69, 9.17) is 5.11 Å². The molecule has 0 unspecified atom stereocenters. The van der Waals surface area contributed by atoms with Crippen LogP contribution in [0.2, 0.25) is 0 Å². The second-order valence-corrected chi connectivity index (χ2v) is 13.4. The maximum Gasteiger partial charge on any atom is 0.243 e. The van der Waals surface area contributed by atoms with E-state index in [9.17, 15) is 19.2 Å². The van der Waals surface area contributed by atoms with Crippen molar-refractivity contribution in [1.82, 2.24) is 25.8 Å². The van der Waals surface area contributed by atoms with Gasteiger partial charge < -0.3 is 30.8 Å². The molecule has 1 fully saturated rings. The molecular weight excluding hydrogens is 627 g/mol. The number of aliphatic hydroxyl groups excluding tert-OH is 1. The maximum absolute atomic E-state index is 13.2. The van der Waals surface area contributed by atoms with Crippen molar-refractivity contribution in [3.8, 4) is 10.4 Å². The molecule has 10 nitrogen and oxygen atoms in total. The summed E-state index contributed by atoms with van der Waals surface area (Å²) in [5, 5.41) is 16.4. The number of aldehydes is 1. The zero-order valence-corrected chi connectivity index (χ0v) is 32.1. The van der Waals surface area contributed by atoms with E-state index in [2.05, 4.69) is 33.1 Å². The fraction of sp³-hybridized carbons (Fsp3) is 0.649. The number of benzene rings is 1. The molecule has 2 aromatic rings. The summed E-state index contributed by atoms with van der Waals surface area (Å²) in [6.07, 6.45) is 5.81. The van der Waals surface area contributed by atoms with Crippen molar-refractivity contribution in [1.29, 1.82) is 0 Å². The largest absolute Gasteiger partial charge is 0.400 e. The minimum absolute atomic E-state index is 0.00349. The Morgan fingerprint density at radius 2 is 1.75 bits per heavy atom. The number of nitrogens with one attached hydrogen (secondary N) is 3. The van der Waals surface area contributed by atoms with Gasteiger partial charge in [-0.25, -0.2) is 4.98 Å². The maximum atomic E-state index is 13.2. The van der Waals surface area contributed by atoms with Gasteiger partial charge in [-0.15, -0.1) is 11.3 Å². The van der Waals surface area contributed by atoms with Gasteiger partial charge in [0.25, 0.3) is 0 Å². The highest BCUT2D eigenvalue weighted by molar-refractivity contribution is 7.13. The first-order valence-corrected chi connectivity index (χ1v) is 18.1. The standard InChI is InChI=1S/C24H34N4O2S.C10H19NO2.C2H6.CH4O/c1-15(17-9-11-18(12-10-17)20-16(2)26-14-31-20)27-22(29)19-8-7-13-28(19)23(30)21(25-6)24(3,4)5;1-3-10(9(2)13)11-7-5-4-6-8-12;2*1-2/h9-12,14-15,19,21,25H,7-8,13H2,1-6H3,(H,27,29);8,10-11H,3-7H2,1-2H3;1-2H3;2H,1H3/t15-,19-,21+;10-;;/m00../s1. The van der Waals surface area contributed by atoms with Gasteiger partial charge in [0.2, 0.25) is 11.8 Å². The molecule has 11 heteroatoms. The Bertz CT molecular complexity index is 1210. The number of Topliss-reactive ketones (excluding diaryl/α,β-unsaturated/α-hetero) is 1. The van der Waals surface area contributed by atoms with Crippen molar-refractivity contribution < 1.29 is 24.3 Å². The third kappa shape index (κ3) is 14.6. The minimum atomic E-state index is -0.410. The van der Waals surface area contributed by atoms with Gasteiger partial charge in [-0.05, 0) is 83.0 Å². The molecule has 0 bridgehead atoms. The van der Waals surface area contributed by atoms with Crippen LogP contribution in [0.15, 0.2) is 29.8 Å². The van der Waals surface area contributed by atoms with Crippen LogP contribution in [-0.4, -0.2) is 84.2 Å². The zero-order valence-electron chi connectivity index (χ0n) is 31.3. The number of aromatic nitrogens is 1. The Balaban J connectivity index is 0.00000109. The van der Waals surface area contributed by atoms with Crippen molar-refractivity contribution in [3.05, 3.63) is 41.0 Å². The SMILES string of the molecule is CC.CC[C@H](NCCCCC=O)C(C)=O.CN[C@H](C(=O)N1CCC[C@H]1C(=O)N[C@@H](C)c1ccc(-c2scnc2C)cc1)C(C)(C)C.CO. The van der Waals surface area contributed by atoms with Gasteiger partial charge in [0.15, 0.2) is 0 Å². The van der Waals surface area contributed by atoms with Crippen molar-refractivity contribution in [3.63, 3.8) is 0 Å². The molecule has 1 saturated heterocycles. The van der Waals surface area contributed by atoms with Crippen LogP contribution >= 0.6 is 11.3 Å². The minimum Gasteiger partial charge on any atom is -0.400 e. The smallest absolute Gasteiger partial charge is 0.243 e. The summed E-state index contributed by atoms with van der Waals surface area (Å²) in [6, 6.07) is 7.38. The second kappa shape index (κ2) is 24.2. The van der Waals surface area contributed by atoms with Crippen molar-refractivity contribution in [2.75, 3.05) is 27.2 Å². The molecule has 48 heavy (non-hydrogen) atoms. The average Bonchev–Trinajstić information content (AvgIpc) is 3.74. The number of carbonyl (C=O) groups excluding carboxylic acids is 4. The summed E-state index contributed by atoms with van der Waals surface area (Å²) in [5.41, 5.74) is 4.84. The van der Waals surface area contributed by atoms with Crippen LogP contribution in [0.5, 0.6) is 0 Å². The fourth-order valence-corrected chi connectivity index (χ4v) is 6.31. The number of thiazole rings is 1. The monoisotopic (exact) mass is 689 g/mol. The van der Waals surface area contributed by atoms with Crippen LogP contribution in [0.3, 0.4) is 0 Å². The highest BCUT2D eigenvalue weighted by Crippen LogP contribution is 2.29. The molecule has 1 aromatic carbocycles. The molecule has 1 aliphatic heterocycles. The number of aliphatic hydroxyl groups is 1. The first kappa shape index (κ1) is 45.0. The molecule has 0 aliphatic carbocycles. The molecule has 272 valence electrons. The molecule has 0 spiro atoms. The third-order valence-corrected chi connectivity index (χ3v) is 9.03. The van der Waals surface area contributed by atoms with Crippen molar-refractivity contribution in [2.45, 2.75) is 125 Å². The number of likely N-dealkylation sites (tertiary alicyclic amines) is 1. The molecule has 0 radical (unpaired) electrons. The molecular formula is C37H63N5O5S. The van der Waals surface area contributed by atoms with Crippen LogP contribution in [0.4, 0.5) is 0 Å². The number of nitrogens with zero attached hydrogens (tertiary/aromatic N) is 2. The zero-order chi connectivity index (χ0) is 36.9. The van der Waals surface area contributed by atoms with E-state index < -0.39 is 6.04 Å². The van der Waals surface area contributed by atoms with Crippen molar-refractivity contribution in [2.24, 2.45) is 5.41 Å². The second-order valence-electron chi connectivity index (χ2n) is 12.6. The molecule has 3 rings (SSSR count). The quantitative estimate of drug-likeness (QED) is 0.143. The Kier molecular flexibility index (Phi) is 22.7. The molecule has 1 aromatic heterocycles. The first-order chi connectivity index (χ1) is 22.8. The summed E-state index contributed by atoms with van der Waals surface area (Å²) in [4.78, 5) is 54.4. The number of aryl methyl sites for hydroxylation is 1. The van der Waals surface area contributed by atoms with E-state index in [1.807, 2.05) is 73.0 Å². The van der Waals surface area contributed by atoms with E-state index in [1.54, 1.807) is 30.2 Å². The van der Waals surface area contributed by atoms with Gasteiger partial charge in [-0.3, -0.25) is 14.4 Å². The summed E-state index contributed by atoms with van der Waals surface area (Å²) < 4.78 is 0. The third-order valence-electron chi connectivity index (χ3n) is 8.06. The number of unbranched alkanes of at least 4 members (excludes halogenated alkanes) is 2. The van der Waals surface area contributed by atoms with E-state index in [0.717, 1.165) is 62.4 Å². The molecule has 4 N–H and O–H groups in total. The first-order valence-electron chi connectivity index (χ1n) is 17.3. The summed E-state index contributed by atoms with van der Waals surface area (Å²) in [5.74, 6) is 0.118. The lowest BCUT2D eigenvalue weighted by Crippen LogP contribution is -2.55. The highest BCUT2D eigenvalue weighted by atomic mass is 32.1. The van der Waals surface area contributed by atoms with Crippen LogP contribution < -0.4 is 16.0 Å². The number of likely N-dealkylation sites (N-methyl/N-ethyl adjacent to an activating group) is 1. The van der Waals surface area contributed by atoms with Gasteiger partial charge in [-0.2, -0.15) is 0 Å². The van der Waals surface area contributed by atoms with E-state index in [-0.39, 0.29) is 41.1 Å². The Morgan fingerprint density at radius 3 is 2.23 bits per heavy atom. The van der Waals surface area contributed by atoms with Gasteiger partial charge in [0.05, 0.1) is 34.2 Å². The predicted molar refractivity (Wildman–Crippen MR) is 198 cm³/mol. The number of rotatable bonds is 14. The van der Waals surface area contributed by atoms with E-state index in [0.29, 0.717) is 19.4 Å². The van der Waals surface area contributed by atoms with Gasteiger partial charge in [0, 0.05) is 20.1 Å². The normalized spacial score (nSPS) is 15.7. The van der Waals surface area contributed by atoms with Crippen LogP contribution in [0.25, 0.3) is 10.4 Å². The predicted octanol–water partition coefficient (Wildman–Crippen LogP) is 5.87. The molecule has 2 amide bonds. The number of hydrogen-bond donors (Lipinski definition) is 4. The Morgan fingerprint density at radius 1 is 1.12 bits per heavy atom. The topological polar surface area (TPSA) is 141 Å². The van der Waals surface area contributed by atoms with Gasteiger partial charge >= 0.3 is 0 Å². The van der Waals surface area contributed by atoms with Crippen LogP contribution in [-0.2, 0) is 19.2 Å². The molecule has 2 heterocycles. The number of ketones is 1. The van der Waals surface area contributed by atoms with Gasteiger partial charge in [-0.1, -0.05) is 65.8 Å². The van der Waals surface area contributed by atoms with E-state index >= 15 is 0 Å². The number of carbonyl (C=O) groups is 4. The molecule has 1 aliphatic rings. The van der Waals surface area contributed by atoms with E-state index in [1.165, 1.54) is 4.88 Å². The van der Waals surface area contributed by atoms with Crippen LogP contribution in [0.1, 0.15) is 111 Å². The fourth-order valence-electron chi connectivity index (χ4n) is 5.50. The van der Waals surface area contributed by atoms with Gasteiger partial charge in [0.1, 0.15) is 18.1 Å². The highest BCUT2D eigenvalue weighted by Gasteiger charge is 2.40. The lowest BCUT2D eigenvalue weighted by molar-refractivity contribution is -0.142. The van der Waals surface area contributed by atoms with Crippen LogP contribution in [0, 0.1) is 12.3 Å².